The van der Waals surface area contributed by atoms with Gasteiger partial charge in [-0.2, -0.15) is 0 Å². The molecule has 0 aliphatic carbocycles. The van der Waals surface area contributed by atoms with Gasteiger partial charge in [-0.25, -0.2) is 4.79 Å². The topological polar surface area (TPSA) is 28.5 Å². The molecule has 4 aromatic rings. The number of para-hydroxylation sites is 1. The van der Waals surface area contributed by atoms with Crippen molar-refractivity contribution in [3.63, 3.8) is 0 Å². The predicted octanol–water partition coefficient (Wildman–Crippen LogP) is 5.22. The van der Waals surface area contributed by atoms with Gasteiger partial charge in [0.1, 0.15) is 0 Å². The van der Waals surface area contributed by atoms with E-state index in [1.165, 1.54) is 27.8 Å². The lowest BCUT2D eigenvalue weighted by Crippen LogP contribution is -2.50. The molecule has 1 unspecified atom stereocenters. The first-order valence-electron chi connectivity index (χ1n) is 11.0. The number of carbonyl (C=O) groups is 1. The Kier molecular flexibility index (Phi) is 4.39. The normalized spacial score (nSPS) is 18.4. The number of benzene rings is 3. The summed E-state index contributed by atoms with van der Waals surface area (Å²) in [7, 11) is 0. The van der Waals surface area contributed by atoms with E-state index in [1.807, 2.05) is 33.7 Å². The maximum atomic E-state index is 13.7. The van der Waals surface area contributed by atoms with Crippen LogP contribution in [0.3, 0.4) is 0 Å². The van der Waals surface area contributed by atoms with Crippen molar-refractivity contribution >= 4 is 16.9 Å². The second-order valence-electron chi connectivity index (χ2n) is 8.59. The van der Waals surface area contributed by atoms with Gasteiger partial charge >= 0.3 is 6.03 Å². The van der Waals surface area contributed by atoms with Crippen molar-refractivity contribution in [3.8, 4) is 0 Å². The van der Waals surface area contributed by atoms with Gasteiger partial charge in [0.2, 0.25) is 0 Å². The van der Waals surface area contributed by atoms with Crippen LogP contribution in [0.1, 0.15) is 28.4 Å². The van der Waals surface area contributed by atoms with Gasteiger partial charge in [0.05, 0.1) is 17.3 Å². The molecular formula is C27H25N3O. The van der Waals surface area contributed by atoms with Crippen molar-refractivity contribution in [2.45, 2.75) is 25.6 Å². The molecule has 0 N–H and O–H groups in total. The van der Waals surface area contributed by atoms with Gasteiger partial charge in [0.25, 0.3) is 0 Å². The molecule has 0 spiro atoms. The molecule has 3 heterocycles. The molecule has 0 fully saturated rings. The van der Waals surface area contributed by atoms with E-state index in [2.05, 4.69) is 65.6 Å². The average Bonchev–Trinajstić information content (AvgIpc) is 3.15. The van der Waals surface area contributed by atoms with Crippen LogP contribution in [0, 0.1) is 0 Å². The maximum absolute atomic E-state index is 13.7. The third-order valence-corrected chi connectivity index (χ3v) is 6.73. The van der Waals surface area contributed by atoms with Crippen LogP contribution >= 0.6 is 0 Å². The van der Waals surface area contributed by atoms with Crippen molar-refractivity contribution in [3.05, 3.63) is 107 Å². The molecule has 31 heavy (non-hydrogen) atoms. The third-order valence-electron chi connectivity index (χ3n) is 6.73. The van der Waals surface area contributed by atoms with E-state index in [0.717, 1.165) is 31.6 Å². The molecule has 0 bridgehead atoms. The van der Waals surface area contributed by atoms with E-state index < -0.39 is 0 Å². The third kappa shape index (κ3) is 3.06. The van der Waals surface area contributed by atoms with Crippen LogP contribution in [0.25, 0.3) is 10.9 Å². The van der Waals surface area contributed by atoms with Crippen LogP contribution in [-0.2, 0) is 19.5 Å². The zero-order valence-electron chi connectivity index (χ0n) is 17.4. The van der Waals surface area contributed by atoms with Crippen LogP contribution < -0.4 is 0 Å². The summed E-state index contributed by atoms with van der Waals surface area (Å²) in [5.41, 5.74) is 6.10. The summed E-state index contributed by atoms with van der Waals surface area (Å²) in [5.74, 6) is 0. The van der Waals surface area contributed by atoms with Gasteiger partial charge in [-0.1, -0.05) is 78.9 Å². The molecule has 0 saturated heterocycles. The summed E-state index contributed by atoms with van der Waals surface area (Å²) in [6, 6.07) is 29.7. The molecule has 1 amide bonds. The Morgan fingerprint density at radius 2 is 1.42 bits per heavy atom. The summed E-state index contributed by atoms with van der Waals surface area (Å²) in [4.78, 5) is 18.2. The lowest BCUT2D eigenvalue weighted by atomic mass is 9.95. The minimum Gasteiger partial charge on any atom is -0.318 e. The Labute approximate surface area is 182 Å². The van der Waals surface area contributed by atoms with Crippen molar-refractivity contribution in [2.24, 2.45) is 0 Å². The van der Waals surface area contributed by atoms with Gasteiger partial charge in [-0.05, 0) is 29.2 Å². The quantitative estimate of drug-likeness (QED) is 0.464. The largest absolute Gasteiger partial charge is 0.329 e. The maximum Gasteiger partial charge on any atom is 0.329 e. The predicted molar refractivity (Wildman–Crippen MR) is 123 cm³/mol. The number of rotatable bonds is 4. The zero-order chi connectivity index (χ0) is 20.8. The summed E-state index contributed by atoms with van der Waals surface area (Å²) in [5, 5.41) is 1.23. The fourth-order valence-corrected chi connectivity index (χ4v) is 5.30. The highest BCUT2D eigenvalue weighted by molar-refractivity contribution is 5.96. The number of nitrogens with zero attached hydrogens (tertiary/aromatic N) is 3. The Hall–Kier alpha value is -3.37. The van der Waals surface area contributed by atoms with Gasteiger partial charge in [0.15, 0.2) is 0 Å². The number of carbonyl (C=O) groups excluding carboxylic acids is 1. The summed E-state index contributed by atoms with van der Waals surface area (Å²) in [6.45, 7) is 3.27. The molecule has 6 rings (SSSR count). The summed E-state index contributed by atoms with van der Waals surface area (Å²) >= 11 is 0. The van der Waals surface area contributed by atoms with E-state index in [9.17, 15) is 4.79 Å². The van der Waals surface area contributed by atoms with Crippen molar-refractivity contribution in [2.75, 3.05) is 13.1 Å². The van der Waals surface area contributed by atoms with Gasteiger partial charge in [-0.3, -0.25) is 9.47 Å². The second-order valence-corrected chi connectivity index (χ2v) is 8.59. The highest BCUT2D eigenvalue weighted by Crippen LogP contribution is 2.41. The minimum atomic E-state index is 0.0964. The van der Waals surface area contributed by atoms with Crippen LogP contribution in [0.4, 0.5) is 4.79 Å². The monoisotopic (exact) mass is 407 g/mol. The first kappa shape index (κ1) is 18.4. The molecule has 1 aromatic heterocycles. The minimum absolute atomic E-state index is 0.0964. The van der Waals surface area contributed by atoms with Gasteiger partial charge in [0, 0.05) is 31.6 Å². The Morgan fingerprint density at radius 1 is 0.774 bits per heavy atom. The first-order chi connectivity index (χ1) is 15.3. The molecule has 1 atom stereocenters. The van der Waals surface area contributed by atoms with Crippen LogP contribution in [-0.4, -0.2) is 33.5 Å². The molecule has 154 valence electrons. The molecule has 2 aliphatic heterocycles. The van der Waals surface area contributed by atoms with Gasteiger partial charge < -0.3 is 4.90 Å². The standard InChI is InChI=1S/C27H25N3O/c31-27-29(18-21-11-5-2-6-12-21)19-25-26-23(22-13-7-8-14-24(22)30(26)27)15-16-28(25)17-20-9-3-1-4-10-20/h1-14,25H,15-19H2. The van der Waals surface area contributed by atoms with E-state index >= 15 is 0 Å². The van der Waals surface area contributed by atoms with Crippen molar-refractivity contribution < 1.29 is 4.79 Å². The number of fused-ring (bicyclic) bond motifs is 3. The fourth-order valence-electron chi connectivity index (χ4n) is 5.30. The smallest absolute Gasteiger partial charge is 0.318 e. The van der Waals surface area contributed by atoms with E-state index in [4.69, 9.17) is 0 Å². The second kappa shape index (κ2) is 7.40. The molecule has 2 aliphatic rings. The number of amides is 1. The van der Waals surface area contributed by atoms with E-state index in [1.54, 1.807) is 0 Å². The molecular weight excluding hydrogens is 382 g/mol. The van der Waals surface area contributed by atoms with Crippen molar-refractivity contribution in [1.82, 2.24) is 14.4 Å². The first-order valence-corrected chi connectivity index (χ1v) is 11.0. The van der Waals surface area contributed by atoms with E-state index in [-0.39, 0.29) is 12.1 Å². The Balaban J connectivity index is 1.45. The number of hydrogen-bond acceptors (Lipinski definition) is 2. The lowest BCUT2D eigenvalue weighted by Gasteiger charge is -2.43. The van der Waals surface area contributed by atoms with Crippen molar-refractivity contribution in [1.29, 1.82) is 0 Å². The number of hydrogen-bond donors (Lipinski definition) is 0. The SMILES string of the molecule is O=C1N(Cc2ccccc2)CC2c3c(c4ccccc4n31)CCN2Cc1ccccc1. The molecule has 0 saturated carbocycles. The van der Waals surface area contributed by atoms with E-state index in [0.29, 0.717) is 6.54 Å². The highest BCUT2D eigenvalue weighted by atomic mass is 16.2. The summed E-state index contributed by atoms with van der Waals surface area (Å²) in [6.07, 6.45) is 0.984. The Bertz CT molecular complexity index is 1250. The number of aromatic nitrogens is 1. The molecule has 4 nitrogen and oxygen atoms in total. The van der Waals surface area contributed by atoms with Crippen LogP contribution in [0.15, 0.2) is 84.9 Å². The lowest BCUT2D eigenvalue weighted by molar-refractivity contribution is 0.106. The average molecular weight is 408 g/mol. The molecule has 3 aromatic carbocycles. The summed E-state index contributed by atoms with van der Waals surface area (Å²) < 4.78 is 2.00. The highest BCUT2D eigenvalue weighted by Gasteiger charge is 2.40. The van der Waals surface area contributed by atoms with Crippen LogP contribution in [0.5, 0.6) is 0 Å². The van der Waals surface area contributed by atoms with Gasteiger partial charge in [-0.15, -0.1) is 0 Å². The molecule has 4 heteroatoms. The zero-order valence-corrected chi connectivity index (χ0v) is 17.4. The molecule has 0 radical (unpaired) electrons. The van der Waals surface area contributed by atoms with Crippen LogP contribution in [0.2, 0.25) is 0 Å². The Morgan fingerprint density at radius 3 is 2.16 bits per heavy atom. The fraction of sp³-hybridized carbons (Fsp3) is 0.222.